The smallest absolute Gasteiger partial charge is 0.102 e. The van der Waals surface area contributed by atoms with Crippen molar-refractivity contribution >= 4 is 5.69 Å². The molecule has 2 rings (SSSR count). The molecule has 92 valence electrons. The Labute approximate surface area is 99.4 Å². The van der Waals surface area contributed by atoms with E-state index < -0.39 is 0 Å². The fourth-order valence-corrected chi connectivity index (χ4v) is 1.43. The molecule has 7 nitrogen and oxygen atoms in total. The van der Waals surface area contributed by atoms with E-state index in [1.165, 1.54) is 0 Å². The fourth-order valence-electron chi connectivity index (χ4n) is 1.43. The highest BCUT2D eigenvalue weighted by atomic mass is 16.5. The predicted octanol–water partition coefficient (Wildman–Crippen LogP) is 0.270. The van der Waals surface area contributed by atoms with Crippen LogP contribution in [0.25, 0.3) is 0 Å². The Kier molecular flexibility index (Phi) is 3.71. The van der Waals surface area contributed by atoms with Crippen LogP contribution in [0.1, 0.15) is 5.69 Å². The molecule has 7 heteroatoms. The van der Waals surface area contributed by atoms with Crippen molar-refractivity contribution in [2.45, 2.75) is 13.1 Å². The van der Waals surface area contributed by atoms with Gasteiger partial charge in [-0.05, 0) is 0 Å². The number of rotatable bonds is 6. The van der Waals surface area contributed by atoms with Gasteiger partial charge in [-0.25, -0.2) is 0 Å². The molecule has 0 fully saturated rings. The topological polar surface area (TPSA) is 69.8 Å². The van der Waals surface area contributed by atoms with Crippen LogP contribution in [0.4, 0.5) is 5.69 Å². The van der Waals surface area contributed by atoms with Gasteiger partial charge in [0.25, 0.3) is 0 Å². The maximum Gasteiger partial charge on any atom is 0.102 e. The summed E-state index contributed by atoms with van der Waals surface area (Å²) in [7, 11) is 3.52. The Morgan fingerprint density at radius 1 is 1.41 bits per heavy atom. The van der Waals surface area contributed by atoms with Crippen LogP contribution >= 0.6 is 0 Å². The lowest BCUT2D eigenvalue weighted by Crippen LogP contribution is -2.04. The van der Waals surface area contributed by atoms with Crippen LogP contribution in [0, 0.1) is 0 Å². The lowest BCUT2D eigenvalue weighted by molar-refractivity contribution is 0.183. The molecule has 0 aliphatic heterocycles. The summed E-state index contributed by atoms with van der Waals surface area (Å²) in [6, 6.07) is 0. The van der Waals surface area contributed by atoms with Crippen LogP contribution in [0.3, 0.4) is 0 Å². The van der Waals surface area contributed by atoms with Crippen molar-refractivity contribution in [1.29, 1.82) is 0 Å². The average molecular weight is 236 g/mol. The lowest BCUT2D eigenvalue weighted by atomic mass is 10.4. The zero-order valence-corrected chi connectivity index (χ0v) is 10.00. The van der Waals surface area contributed by atoms with Crippen molar-refractivity contribution in [3.05, 3.63) is 24.3 Å². The van der Waals surface area contributed by atoms with E-state index in [0.717, 1.165) is 17.9 Å². The number of nitrogens with zero attached hydrogens (tertiary/aromatic N) is 5. The number of aromatic nitrogens is 5. The molecule has 0 spiro atoms. The lowest BCUT2D eigenvalue weighted by Gasteiger charge is -2.00. The molecule has 0 aliphatic rings. The molecule has 2 aromatic heterocycles. The van der Waals surface area contributed by atoms with Crippen LogP contribution < -0.4 is 5.32 Å². The molecule has 2 heterocycles. The van der Waals surface area contributed by atoms with Gasteiger partial charge in [0.1, 0.15) is 5.69 Å². The quantitative estimate of drug-likeness (QED) is 0.779. The summed E-state index contributed by atoms with van der Waals surface area (Å²) in [5.41, 5.74) is 1.86. The molecule has 0 saturated heterocycles. The maximum absolute atomic E-state index is 4.98. The minimum Gasteiger partial charge on any atom is -0.383 e. The average Bonchev–Trinajstić information content (AvgIpc) is 2.93. The van der Waals surface area contributed by atoms with Gasteiger partial charge in [-0.15, -0.1) is 5.10 Å². The van der Waals surface area contributed by atoms with Gasteiger partial charge in [-0.1, -0.05) is 5.21 Å². The number of nitrogens with one attached hydrogen (secondary N) is 1. The van der Waals surface area contributed by atoms with Crippen LogP contribution in [0.5, 0.6) is 0 Å². The zero-order chi connectivity index (χ0) is 12.1. The SMILES string of the molecule is COCCn1cc(NCc2cn(C)nn2)cn1. The minimum absolute atomic E-state index is 0.643. The third kappa shape index (κ3) is 3.28. The van der Waals surface area contributed by atoms with E-state index in [4.69, 9.17) is 4.74 Å². The molecular formula is C10H16N6O. The molecular weight excluding hydrogens is 220 g/mol. The van der Waals surface area contributed by atoms with Crippen LogP contribution in [0.15, 0.2) is 18.6 Å². The van der Waals surface area contributed by atoms with E-state index in [1.807, 2.05) is 24.1 Å². The molecule has 0 amide bonds. The Bertz CT molecular complexity index is 463. The molecule has 0 aliphatic carbocycles. The van der Waals surface area contributed by atoms with Gasteiger partial charge in [0.05, 0.1) is 31.6 Å². The van der Waals surface area contributed by atoms with Gasteiger partial charge < -0.3 is 10.1 Å². The van der Waals surface area contributed by atoms with Gasteiger partial charge in [-0.2, -0.15) is 5.10 Å². The second-order valence-corrected chi connectivity index (χ2v) is 3.72. The van der Waals surface area contributed by atoms with E-state index >= 15 is 0 Å². The molecule has 17 heavy (non-hydrogen) atoms. The second kappa shape index (κ2) is 5.44. The summed E-state index contributed by atoms with van der Waals surface area (Å²) in [5.74, 6) is 0. The highest BCUT2D eigenvalue weighted by molar-refractivity contribution is 5.38. The fraction of sp³-hybridized carbons (Fsp3) is 0.500. The summed E-state index contributed by atoms with van der Waals surface area (Å²) in [5, 5.41) is 15.3. The minimum atomic E-state index is 0.643. The third-order valence-corrected chi connectivity index (χ3v) is 2.28. The molecule has 0 radical (unpaired) electrons. The standard InChI is InChI=1S/C10H16N6O/c1-15-7-10(13-14-15)5-11-9-6-12-16(8-9)3-4-17-2/h6-8,11H,3-5H2,1-2H3. The van der Waals surface area contributed by atoms with Crippen molar-refractivity contribution in [1.82, 2.24) is 24.8 Å². The van der Waals surface area contributed by atoms with E-state index in [2.05, 4.69) is 20.7 Å². The van der Waals surface area contributed by atoms with E-state index in [1.54, 1.807) is 18.0 Å². The normalized spacial score (nSPS) is 10.7. The molecule has 0 aromatic carbocycles. The summed E-state index contributed by atoms with van der Waals surface area (Å²) < 4.78 is 8.50. The first-order valence-corrected chi connectivity index (χ1v) is 5.38. The molecule has 1 N–H and O–H groups in total. The first kappa shape index (κ1) is 11.6. The molecule has 0 atom stereocenters. The van der Waals surface area contributed by atoms with Gasteiger partial charge in [0, 0.05) is 26.6 Å². The molecule has 2 aromatic rings. The summed E-state index contributed by atoms with van der Waals surface area (Å²) in [6.07, 6.45) is 5.60. The number of hydrogen-bond acceptors (Lipinski definition) is 5. The number of ether oxygens (including phenoxy) is 1. The van der Waals surface area contributed by atoms with Crippen molar-refractivity contribution in [2.24, 2.45) is 7.05 Å². The Hall–Kier alpha value is -1.89. The highest BCUT2D eigenvalue weighted by Crippen LogP contribution is 2.06. The largest absolute Gasteiger partial charge is 0.383 e. The summed E-state index contributed by atoms with van der Waals surface area (Å²) >= 11 is 0. The molecule has 0 saturated carbocycles. The first-order chi connectivity index (χ1) is 8.28. The number of hydrogen-bond donors (Lipinski definition) is 1. The van der Waals surface area contributed by atoms with Crippen molar-refractivity contribution in [2.75, 3.05) is 19.0 Å². The highest BCUT2D eigenvalue weighted by Gasteiger charge is 2.00. The Balaban J connectivity index is 1.84. The van der Waals surface area contributed by atoms with E-state index in [0.29, 0.717) is 13.2 Å². The van der Waals surface area contributed by atoms with Crippen molar-refractivity contribution in [3.63, 3.8) is 0 Å². The first-order valence-electron chi connectivity index (χ1n) is 5.38. The Morgan fingerprint density at radius 2 is 2.29 bits per heavy atom. The molecule has 0 unspecified atom stereocenters. The van der Waals surface area contributed by atoms with Gasteiger partial charge in [-0.3, -0.25) is 9.36 Å². The summed E-state index contributed by atoms with van der Waals surface area (Å²) in [6.45, 7) is 2.05. The second-order valence-electron chi connectivity index (χ2n) is 3.72. The van der Waals surface area contributed by atoms with Crippen molar-refractivity contribution < 1.29 is 4.74 Å². The van der Waals surface area contributed by atoms with Crippen LogP contribution in [0.2, 0.25) is 0 Å². The number of methoxy groups -OCH3 is 1. The number of anilines is 1. The van der Waals surface area contributed by atoms with Gasteiger partial charge in [0.2, 0.25) is 0 Å². The maximum atomic E-state index is 4.98. The number of aryl methyl sites for hydroxylation is 1. The van der Waals surface area contributed by atoms with Gasteiger partial charge in [0.15, 0.2) is 0 Å². The predicted molar refractivity (Wildman–Crippen MR) is 62.4 cm³/mol. The zero-order valence-electron chi connectivity index (χ0n) is 10.00. The van der Waals surface area contributed by atoms with Crippen LogP contribution in [-0.2, 0) is 24.9 Å². The van der Waals surface area contributed by atoms with Crippen LogP contribution in [-0.4, -0.2) is 38.5 Å². The monoisotopic (exact) mass is 236 g/mol. The molecule has 0 bridgehead atoms. The van der Waals surface area contributed by atoms with E-state index in [-0.39, 0.29) is 0 Å². The Morgan fingerprint density at radius 3 is 3.00 bits per heavy atom. The summed E-state index contributed by atoms with van der Waals surface area (Å²) in [4.78, 5) is 0. The third-order valence-electron chi connectivity index (χ3n) is 2.28. The van der Waals surface area contributed by atoms with Crippen molar-refractivity contribution in [3.8, 4) is 0 Å². The van der Waals surface area contributed by atoms with E-state index in [9.17, 15) is 0 Å². The van der Waals surface area contributed by atoms with Gasteiger partial charge >= 0.3 is 0 Å².